The lowest BCUT2D eigenvalue weighted by Gasteiger charge is -2.08. The summed E-state index contributed by atoms with van der Waals surface area (Å²) in [6.07, 6.45) is 0.302. The minimum absolute atomic E-state index is 0.262. The summed E-state index contributed by atoms with van der Waals surface area (Å²) in [5.74, 6) is 0. The van der Waals surface area contributed by atoms with E-state index in [4.69, 9.17) is 5.26 Å². The fourth-order valence-corrected chi connectivity index (χ4v) is 2.94. The van der Waals surface area contributed by atoms with Crippen molar-refractivity contribution in [3.8, 4) is 6.07 Å². The van der Waals surface area contributed by atoms with Gasteiger partial charge in [0.05, 0.1) is 6.07 Å². The molecule has 0 saturated carbocycles. The zero-order valence-electron chi connectivity index (χ0n) is 8.30. The van der Waals surface area contributed by atoms with Gasteiger partial charge in [0.1, 0.15) is 0 Å². The van der Waals surface area contributed by atoms with Crippen LogP contribution in [0.2, 0.25) is 0 Å². The number of sulfonamides is 1. The molecule has 0 aliphatic heterocycles. The summed E-state index contributed by atoms with van der Waals surface area (Å²) in [4.78, 5) is 0.936. The molecule has 15 heavy (non-hydrogen) atoms. The van der Waals surface area contributed by atoms with Crippen LogP contribution < -0.4 is 4.72 Å². The van der Waals surface area contributed by atoms with Gasteiger partial charge in [-0.15, -0.1) is 11.3 Å². The Morgan fingerprint density at radius 1 is 1.67 bits per heavy atom. The van der Waals surface area contributed by atoms with Crippen molar-refractivity contribution < 1.29 is 8.42 Å². The third-order valence-electron chi connectivity index (χ3n) is 1.92. The summed E-state index contributed by atoms with van der Waals surface area (Å²) < 4.78 is 25.5. The molecule has 0 spiro atoms. The molecule has 0 saturated heterocycles. The number of hydrogen-bond acceptors (Lipinski definition) is 4. The summed E-state index contributed by atoms with van der Waals surface area (Å²) in [5, 5.41) is 9.57. The Hall–Kier alpha value is -0.900. The molecule has 0 aliphatic rings. The predicted molar refractivity (Wildman–Crippen MR) is 59.8 cm³/mol. The lowest BCUT2D eigenvalue weighted by Crippen LogP contribution is -2.32. The molecule has 4 nitrogen and oxygen atoms in total. The van der Waals surface area contributed by atoms with Crippen LogP contribution in [0.4, 0.5) is 0 Å². The summed E-state index contributed by atoms with van der Waals surface area (Å²) in [5.41, 5.74) is 0. The lowest BCUT2D eigenvalue weighted by molar-refractivity contribution is 0.573. The Kier molecular flexibility index (Phi) is 4.27. The van der Waals surface area contributed by atoms with Crippen LogP contribution >= 0.6 is 11.3 Å². The number of nitrogens with zero attached hydrogens (tertiary/aromatic N) is 1. The second-order valence-corrected chi connectivity index (χ2v) is 5.95. The first-order valence-corrected chi connectivity index (χ1v) is 6.93. The first-order chi connectivity index (χ1) is 7.10. The fraction of sp³-hybridized carbons (Fsp3) is 0.444. The minimum atomic E-state index is -3.50. The monoisotopic (exact) mass is 244 g/mol. The number of nitrogens with one attached hydrogen (secondary N) is 1. The zero-order chi connectivity index (χ0) is 11.3. The largest absolute Gasteiger partial charge is 0.228 e. The average Bonchev–Trinajstić information content (AvgIpc) is 2.69. The quantitative estimate of drug-likeness (QED) is 0.852. The van der Waals surface area contributed by atoms with Crippen molar-refractivity contribution in [1.82, 2.24) is 4.72 Å². The maximum absolute atomic E-state index is 11.6. The van der Waals surface area contributed by atoms with Crippen molar-refractivity contribution >= 4 is 21.4 Å². The van der Waals surface area contributed by atoms with Crippen molar-refractivity contribution in [1.29, 1.82) is 5.26 Å². The van der Waals surface area contributed by atoms with Crippen molar-refractivity contribution in [2.24, 2.45) is 0 Å². The first kappa shape index (κ1) is 12.2. The predicted octanol–water partition coefficient (Wildman–Crippen LogP) is 1.47. The maximum Gasteiger partial charge on any atom is 0.228 e. The number of nitriles is 1. The molecule has 1 N–H and O–H groups in total. The van der Waals surface area contributed by atoms with E-state index in [1.54, 1.807) is 13.0 Å². The normalized spacial score (nSPS) is 13.3. The zero-order valence-corrected chi connectivity index (χ0v) is 9.94. The van der Waals surface area contributed by atoms with Crippen LogP contribution in [0.5, 0.6) is 0 Å². The highest BCUT2D eigenvalue weighted by atomic mass is 32.2. The van der Waals surface area contributed by atoms with Crippen molar-refractivity contribution in [3.63, 3.8) is 0 Å². The molecule has 0 aliphatic carbocycles. The van der Waals surface area contributed by atoms with Gasteiger partial charge in [-0.2, -0.15) is 5.26 Å². The Morgan fingerprint density at radius 3 is 2.87 bits per heavy atom. The van der Waals surface area contributed by atoms with Gasteiger partial charge in [0.25, 0.3) is 0 Å². The second-order valence-electron chi connectivity index (χ2n) is 2.97. The molecule has 0 bridgehead atoms. The van der Waals surface area contributed by atoms with E-state index in [1.165, 1.54) is 11.3 Å². The molecule has 0 fully saturated rings. The average molecular weight is 244 g/mol. The van der Waals surface area contributed by atoms with Crippen LogP contribution in [0.3, 0.4) is 0 Å². The van der Waals surface area contributed by atoms with Gasteiger partial charge in [-0.25, -0.2) is 13.1 Å². The van der Waals surface area contributed by atoms with Crippen LogP contribution in [-0.4, -0.2) is 13.7 Å². The maximum atomic E-state index is 11.6. The summed E-state index contributed by atoms with van der Waals surface area (Å²) in [6.45, 7) is 1.94. The first-order valence-electron chi connectivity index (χ1n) is 4.50. The molecule has 0 amide bonds. The van der Waals surface area contributed by atoms with Crippen LogP contribution in [0.25, 0.3) is 0 Å². The van der Waals surface area contributed by atoms with Gasteiger partial charge in [-0.3, -0.25) is 0 Å². The van der Waals surface area contributed by atoms with Gasteiger partial charge in [-0.05, 0) is 17.9 Å². The molecule has 1 heterocycles. The molecule has 6 heteroatoms. The smallest absolute Gasteiger partial charge is 0.211 e. The number of hydrogen-bond donors (Lipinski definition) is 1. The number of thiophene rings is 1. The number of rotatable bonds is 5. The van der Waals surface area contributed by atoms with E-state index in [2.05, 4.69) is 4.72 Å². The lowest BCUT2D eigenvalue weighted by atomic mass is 10.4. The van der Waals surface area contributed by atoms with E-state index in [0.717, 1.165) is 4.88 Å². The van der Waals surface area contributed by atoms with Crippen molar-refractivity contribution in [2.75, 3.05) is 0 Å². The Morgan fingerprint density at radius 2 is 2.40 bits per heavy atom. The summed E-state index contributed by atoms with van der Waals surface area (Å²) in [6, 6.07) is 5.48. The minimum Gasteiger partial charge on any atom is -0.211 e. The van der Waals surface area contributed by atoms with Gasteiger partial charge < -0.3 is 0 Å². The highest BCUT2D eigenvalue weighted by molar-refractivity contribution is 7.90. The third-order valence-corrected chi connectivity index (χ3v) is 4.53. The molecule has 1 aromatic heterocycles. The molecular formula is C9H12N2O2S2. The van der Waals surface area contributed by atoms with E-state index < -0.39 is 15.3 Å². The summed E-state index contributed by atoms with van der Waals surface area (Å²) >= 11 is 1.48. The van der Waals surface area contributed by atoms with Crippen molar-refractivity contribution in [3.05, 3.63) is 22.4 Å². The van der Waals surface area contributed by atoms with Gasteiger partial charge in [-0.1, -0.05) is 13.0 Å². The van der Waals surface area contributed by atoms with E-state index in [0.29, 0.717) is 6.42 Å². The van der Waals surface area contributed by atoms with Crippen LogP contribution in [-0.2, 0) is 16.6 Å². The molecular weight excluding hydrogens is 232 g/mol. The van der Waals surface area contributed by atoms with Gasteiger partial charge >= 0.3 is 0 Å². The van der Waals surface area contributed by atoms with Gasteiger partial charge in [0.2, 0.25) is 10.0 Å². The van der Waals surface area contributed by atoms with E-state index in [9.17, 15) is 8.42 Å². The third kappa shape index (κ3) is 3.30. The molecule has 1 aromatic rings. The van der Waals surface area contributed by atoms with Crippen molar-refractivity contribution in [2.45, 2.75) is 25.1 Å². The molecule has 0 radical (unpaired) electrons. The van der Waals surface area contributed by atoms with E-state index in [1.807, 2.05) is 17.5 Å². The Balaban J connectivity index is 2.62. The topological polar surface area (TPSA) is 70.0 Å². The standard InChI is InChI=1S/C9H12N2O2S2/c1-2-9(6-10)15(12,13)11-7-8-4-3-5-14-8/h3-5,9,11H,2,7H2,1H3. The molecule has 1 atom stereocenters. The van der Waals surface area contributed by atoms with Gasteiger partial charge in [0.15, 0.2) is 5.25 Å². The highest BCUT2D eigenvalue weighted by Crippen LogP contribution is 2.10. The fourth-order valence-electron chi connectivity index (χ4n) is 1.07. The molecule has 1 rings (SSSR count). The Labute approximate surface area is 93.6 Å². The van der Waals surface area contributed by atoms with Crippen LogP contribution in [0, 0.1) is 11.3 Å². The molecule has 0 aromatic carbocycles. The summed E-state index contributed by atoms with van der Waals surface area (Å²) in [7, 11) is -3.50. The highest BCUT2D eigenvalue weighted by Gasteiger charge is 2.22. The molecule has 1 unspecified atom stereocenters. The SMILES string of the molecule is CCC(C#N)S(=O)(=O)NCc1cccs1. The Bertz CT molecular complexity index is 431. The van der Waals surface area contributed by atoms with Crippen LogP contribution in [0.15, 0.2) is 17.5 Å². The van der Waals surface area contributed by atoms with Gasteiger partial charge in [0, 0.05) is 11.4 Å². The molecule has 82 valence electrons. The van der Waals surface area contributed by atoms with E-state index >= 15 is 0 Å². The van der Waals surface area contributed by atoms with Crippen LogP contribution in [0.1, 0.15) is 18.2 Å². The second kappa shape index (κ2) is 5.26. The van der Waals surface area contributed by atoms with E-state index in [-0.39, 0.29) is 6.54 Å².